The van der Waals surface area contributed by atoms with Crippen LogP contribution in [0.1, 0.15) is 28.8 Å². The second-order valence-corrected chi connectivity index (χ2v) is 8.00. The number of rotatable bonds is 7. The maximum Gasteiger partial charge on any atom is 0.262 e. The Morgan fingerprint density at radius 2 is 1.83 bits per heavy atom. The van der Waals surface area contributed by atoms with Crippen molar-refractivity contribution in [2.45, 2.75) is 24.3 Å². The van der Waals surface area contributed by atoms with Crippen molar-refractivity contribution in [3.05, 3.63) is 53.6 Å². The fraction of sp³-hybridized carbons (Fsp3) is 0.211. The molecule has 2 amide bonds. The first-order valence-electron chi connectivity index (χ1n) is 8.71. The molecule has 0 bridgehead atoms. The molecule has 0 unspecified atom stereocenters. The summed E-state index contributed by atoms with van der Waals surface area (Å²) in [5, 5.41) is 10.3. The standard InChI is InChI=1S/C19H19N3O6S/c20-29(26,27)14-4-1-12(2-5-14)10-21-18(24)8-6-16(23)13-3-7-17-15(9-13)22-19(25)11-28-17/h1-5,7,9H,6,8,10-11H2,(H,21,24)(H,22,25)(H2,20,26,27). The Morgan fingerprint density at radius 1 is 1.10 bits per heavy atom. The van der Waals surface area contributed by atoms with Crippen molar-refractivity contribution in [2.75, 3.05) is 11.9 Å². The lowest BCUT2D eigenvalue weighted by molar-refractivity contribution is -0.121. The normalized spacial score (nSPS) is 13.1. The number of benzene rings is 2. The Kier molecular flexibility index (Phi) is 5.95. The summed E-state index contributed by atoms with van der Waals surface area (Å²) in [6, 6.07) is 10.5. The molecule has 0 spiro atoms. The predicted octanol–water partition coefficient (Wildman–Crippen LogP) is 0.944. The Morgan fingerprint density at radius 3 is 2.52 bits per heavy atom. The highest BCUT2D eigenvalue weighted by atomic mass is 32.2. The minimum atomic E-state index is -3.76. The highest BCUT2D eigenvalue weighted by Gasteiger charge is 2.18. The van der Waals surface area contributed by atoms with Crippen molar-refractivity contribution >= 4 is 33.3 Å². The van der Waals surface area contributed by atoms with E-state index in [4.69, 9.17) is 9.88 Å². The van der Waals surface area contributed by atoms with Gasteiger partial charge in [0.15, 0.2) is 12.4 Å². The summed E-state index contributed by atoms with van der Waals surface area (Å²) in [7, 11) is -3.76. The third kappa shape index (κ3) is 5.39. The van der Waals surface area contributed by atoms with Crippen LogP contribution in [-0.4, -0.2) is 32.6 Å². The Hall–Kier alpha value is -3.24. The number of amides is 2. The molecule has 0 aliphatic carbocycles. The number of ketones is 1. The third-order valence-corrected chi connectivity index (χ3v) is 5.18. The van der Waals surface area contributed by atoms with Crippen molar-refractivity contribution in [1.29, 1.82) is 0 Å². The van der Waals surface area contributed by atoms with Gasteiger partial charge in [0.2, 0.25) is 15.9 Å². The zero-order valence-electron chi connectivity index (χ0n) is 15.3. The van der Waals surface area contributed by atoms with Gasteiger partial charge in [0.05, 0.1) is 10.6 Å². The van der Waals surface area contributed by atoms with Crippen molar-refractivity contribution in [2.24, 2.45) is 5.14 Å². The van der Waals surface area contributed by atoms with Gasteiger partial charge in [-0.2, -0.15) is 0 Å². The van der Waals surface area contributed by atoms with Gasteiger partial charge in [0.1, 0.15) is 5.75 Å². The molecular weight excluding hydrogens is 398 g/mol. The third-order valence-electron chi connectivity index (χ3n) is 4.26. The van der Waals surface area contributed by atoms with Gasteiger partial charge in [-0.1, -0.05) is 12.1 Å². The number of nitrogens with one attached hydrogen (secondary N) is 2. The summed E-state index contributed by atoms with van der Waals surface area (Å²) in [6.07, 6.45) is -0.00216. The van der Waals surface area contributed by atoms with Crippen LogP contribution < -0.4 is 20.5 Å². The molecule has 2 aromatic carbocycles. The van der Waals surface area contributed by atoms with E-state index in [1.54, 1.807) is 24.3 Å². The molecular formula is C19H19N3O6S. The average molecular weight is 417 g/mol. The van der Waals surface area contributed by atoms with Crippen LogP contribution in [0.4, 0.5) is 5.69 Å². The van der Waals surface area contributed by atoms with Crippen LogP contribution >= 0.6 is 0 Å². The SMILES string of the molecule is NS(=O)(=O)c1ccc(CNC(=O)CCC(=O)c2ccc3c(c2)NC(=O)CO3)cc1. The maximum atomic E-state index is 12.3. The van der Waals surface area contributed by atoms with E-state index in [0.717, 1.165) is 0 Å². The number of sulfonamides is 1. The second-order valence-electron chi connectivity index (χ2n) is 6.44. The first-order chi connectivity index (χ1) is 13.7. The Labute approximate surface area is 167 Å². The molecule has 4 N–H and O–H groups in total. The molecule has 10 heteroatoms. The first kappa shape index (κ1) is 20.5. The van der Waals surface area contributed by atoms with E-state index in [9.17, 15) is 22.8 Å². The zero-order chi connectivity index (χ0) is 21.0. The molecule has 152 valence electrons. The van der Waals surface area contributed by atoms with E-state index in [1.807, 2.05) is 0 Å². The van der Waals surface area contributed by atoms with Crippen LogP contribution in [0, 0.1) is 0 Å². The molecule has 1 aliphatic heterocycles. The molecule has 1 heterocycles. The number of hydrogen-bond acceptors (Lipinski definition) is 6. The van der Waals surface area contributed by atoms with E-state index in [0.29, 0.717) is 22.6 Å². The fourth-order valence-electron chi connectivity index (χ4n) is 2.71. The van der Waals surface area contributed by atoms with Crippen molar-refractivity contribution in [3.63, 3.8) is 0 Å². The molecule has 0 radical (unpaired) electrons. The number of ether oxygens (including phenoxy) is 1. The van der Waals surface area contributed by atoms with Gasteiger partial charge in [-0.05, 0) is 35.9 Å². The molecule has 3 rings (SSSR count). The zero-order valence-corrected chi connectivity index (χ0v) is 16.1. The minimum absolute atomic E-state index is 0.00375. The van der Waals surface area contributed by atoms with Crippen molar-refractivity contribution in [3.8, 4) is 5.75 Å². The predicted molar refractivity (Wildman–Crippen MR) is 104 cm³/mol. The molecule has 0 fully saturated rings. The average Bonchev–Trinajstić information content (AvgIpc) is 2.69. The molecule has 2 aromatic rings. The van der Waals surface area contributed by atoms with Gasteiger partial charge in [-0.15, -0.1) is 0 Å². The quantitative estimate of drug-likeness (QED) is 0.572. The second kappa shape index (κ2) is 8.41. The molecule has 0 saturated heterocycles. The van der Waals surface area contributed by atoms with Crippen molar-refractivity contribution < 1.29 is 27.5 Å². The van der Waals surface area contributed by atoms with Gasteiger partial charge in [-0.25, -0.2) is 13.6 Å². The van der Waals surface area contributed by atoms with E-state index in [1.165, 1.54) is 18.2 Å². The number of hydrogen-bond donors (Lipinski definition) is 3. The van der Waals surface area contributed by atoms with E-state index < -0.39 is 10.0 Å². The van der Waals surface area contributed by atoms with E-state index in [-0.39, 0.29) is 48.5 Å². The van der Waals surface area contributed by atoms with E-state index in [2.05, 4.69) is 10.6 Å². The lowest BCUT2D eigenvalue weighted by Gasteiger charge is -2.18. The lowest BCUT2D eigenvalue weighted by Crippen LogP contribution is -2.25. The molecule has 1 aliphatic rings. The van der Waals surface area contributed by atoms with Crippen LogP contribution in [0.5, 0.6) is 5.75 Å². The van der Waals surface area contributed by atoms with Crippen LogP contribution in [0.15, 0.2) is 47.4 Å². The van der Waals surface area contributed by atoms with Gasteiger partial charge < -0.3 is 15.4 Å². The molecule has 0 atom stereocenters. The highest BCUT2D eigenvalue weighted by Crippen LogP contribution is 2.28. The molecule has 0 aromatic heterocycles. The van der Waals surface area contributed by atoms with Crippen LogP contribution in [0.2, 0.25) is 0 Å². The summed E-state index contributed by atoms with van der Waals surface area (Å²) in [5.74, 6) is -0.352. The summed E-state index contributed by atoms with van der Waals surface area (Å²) >= 11 is 0. The Bertz CT molecular complexity index is 1060. The number of fused-ring (bicyclic) bond motifs is 1. The van der Waals surface area contributed by atoms with Gasteiger partial charge in [0.25, 0.3) is 5.91 Å². The molecule has 0 saturated carbocycles. The smallest absolute Gasteiger partial charge is 0.262 e. The first-order valence-corrected chi connectivity index (χ1v) is 10.3. The summed E-state index contributed by atoms with van der Waals surface area (Å²) in [4.78, 5) is 35.7. The monoisotopic (exact) mass is 417 g/mol. The number of carbonyl (C=O) groups excluding carboxylic acids is 3. The number of primary sulfonamides is 1. The van der Waals surface area contributed by atoms with Crippen LogP contribution in [0.3, 0.4) is 0 Å². The van der Waals surface area contributed by atoms with Gasteiger partial charge in [0, 0.05) is 24.9 Å². The molecule has 29 heavy (non-hydrogen) atoms. The molecule has 9 nitrogen and oxygen atoms in total. The Balaban J connectivity index is 1.50. The lowest BCUT2D eigenvalue weighted by atomic mass is 10.0. The van der Waals surface area contributed by atoms with Crippen LogP contribution in [0.25, 0.3) is 0 Å². The maximum absolute atomic E-state index is 12.3. The topological polar surface area (TPSA) is 145 Å². The number of Topliss-reactive ketones (excluding diaryl/α,β-unsaturated/α-hetero) is 1. The van der Waals surface area contributed by atoms with E-state index >= 15 is 0 Å². The van der Waals surface area contributed by atoms with Gasteiger partial charge >= 0.3 is 0 Å². The highest BCUT2D eigenvalue weighted by molar-refractivity contribution is 7.89. The van der Waals surface area contributed by atoms with Crippen LogP contribution in [-0.2, 0) is 26.2 Å². The number of nitrogens with two attached hydrogens (primary N) is 1. The number of carbonyl (C=O) groups is 3. The number of anilines is 1. The summed E-state index contributed by atoms with van der Waals surface area (Å²) < 4.78 is 27.7. The van der Waals surface area contributed by atoms with Crippen molar-refractivity contribution in [1.82, 2.24) is 5.32 Å². The van der Waals surface area contributed by atoms with Gasteiger partial charge in [-0.3, -0.25) is 14.4 Å². The largest absolute Gasteiger partial charge is 0.482 e. The fourth-order valence-corrected chi connectivity index (χ4v) is 3.23. The summed E-state index contributed by atoms with van der Waals surface area (Å²) in [5.41, 5.74) is 1.50. The summed E-state index contributed by atoms with van der Waals surface area (Å²) in [6.45, 7) is 0.130. The minimum Gasteiger partial charge on any atom is -0.482 e.